The predicted molar refractivity (Wildman–Crippen MR) is 145 cm³/mol. The lowest BCUT2D eigenvalue weighted by Crippen LogP contribution is -2.35. The van der Waals surface area contributed by atoms with Gasteiger partial charge in [-0.1, -0.05) is 43.5 Å². The molecule has 0 aromatic heterocycles. The molecule has 196 valence electrons. The van der Waals surface area contributed by atoms with E-state index in [0.717, 1.165) is 48.0 Å². The fourth-order valence-corrected chi connectivity index (χ4v) is 4.83. The SMILES string of the molecule is CC(=O)N(C)C.CCCc1cc(Cl)ccc1C1COc2ccc(CC(=O)O)cc2N(CC2CCC2)C1. The van der Waals surface area contributed by atoms with Crippen LogP contribution < -0.4 is 9.64 Å². The first kappa shape index (κ1) is 27.9. The number of amides is 1. The quantitative estimate of drug-likeness (QED) is 0.506. The van der Waals surface area contributed by atoms with Crippen molar-refractivity contribution in [2.75, 3.05) is 38.7 Å². The highest BCUT2D eigenvalue weighted by molar-refractivity contribution is 6.30. The Hall–Kier alpha value is -2.73. The minimum absolute atomic E-state index is 0.0335. The zero-order valence-electron chi connectivity index (χ0n) is 21.9. The average molecular weight is 515 g/mol. The van der Waals surface area contributed by atoms with Crippen LogP contribution in [-0.4, -0.2) is 55.7 Å². The number of carboxylic acid groups (broad SMARTS) is 1. The van der Waals surface area contributed by atoms with Crippen LogP contribution in [0.5, 0.6) is 5.75 Å². The van der Waals surface area contributed by atoms with E-state index in [1.54, 1.807) is 14.1 Å². The molecule has 1 heterocycles. The predicted octanol–water partition coefficient (Wildman–Crippen LogP) is 5.80. The largest absolute Gasteiger partial charge is 0.491 e. The number of aliphatic carboxylic acids is 1. The third-order valence-corrected chi connectivity index (χ3v) is 7.23. The highest BCUT2D eigenvalue weighted by Gasteiger charge is 2.29. The van der Waals surface area contributed by atoms with Gasteiger partial charge in [-0.25, -0.2) is 0 Å². The third kappa shape index (κ3) is 7.63. The van der Waals surface area contributed by atoms with Gasteiger partial charge in [0.15, 0.2) is 0 Å². The van der Waals surface area contributed by atoms with E-state index in [1.165, 1.54) is 42.2 Å². The van der Waals surface area contributed by atoms with Crippen molar-refractivity contribution in [3.63, 3.8) is 0 Å². The maximum Gasteiger partial charge on any atom is 0.307 e. The van der Waals surface area contributed by atoms with Crippen molar-refractivity contribution >= 4 is 29.2 Å². The van der Waals surface area contributed by atoms with Crippen molar-refractivity contribution in [2.45, 2.75) is 58.3 Å². The molecule has 0 spiro atoms. The summed E-state index contributed by atoms with van der Waals surface area (Å²) < 4.78 is 6.28. The Morgan fingerprint density at radius 1 is 1.17 bits per heavy atom. The van der Waals surface area contributed by atoms with Crippen LogP contribution in [0.15, 0.2) is 36.4 Å². The standard InChI is InChI=1S/C25H30ClNO3.C4H9NO/c1-2-4-19-13-21(26)8-9-22(19)20-15-27(14-17-5-3-6-17)23-11-18(12-25(28)29)7-10-24(23)30-16-20;1-4(6)5(2)3/h7-11,13,17,20H,2-6,12,14-16H2,1H3,(H,28,29);1-3H3. The zero-order chi connectivity index (χ0) is 26.2. The van der Waals surface area contributed by atoms with Crippen LogP contribution in [0.25, 0.3) is 0 Å². The van der Waals surface area contributed by atoms with Crippen LogP contribution in [0.1, 0.15) is 62.1 Å². The number of aryl methyl sites for hydroxylation is 1. The fraction of sp³-hybridized carbons (Fsp3) is 0.517. The molecule has 0 bridgehead atoms. The topological polar surface area (TPSA) is 70.1 Å². The van der Waals surface area contributed by atoms with Gasteiger partial charge >= 0.3 is 5.97 Å². The van der Waals surface area contributed by atoms with E-state index < -0.39 is 5.97 Å². The summed E-state index contributed by atoms with van der Waals surface area (Å²) >= 11 is 6.29. The Morgan fingerprint density at radius 2 is 1.89 bits per heavy atom. The van der Waals surface area contributed by atoms with Crippen molar-refractivity contribution in [2.24, 2.45) is 5.92 Å². The second-order valence-electron chi connectivity index (χ2n) is 10.1. The monoisotopic (exact) mass is 514 g/mol. The van der Waals surface area contributed by atoms with Gasteiger partial charge in [-0.2, -0.15) is 0 Å². The second-order valence-corrected chi connectivity index (χ2v) is 10.5. The summed E-state index contributed by atoms with van der Waals surface area (Å²) in [5, 5.41) is 10.0. The molecule has 36 heavy (non-hydrogen) atoms. The summed E-state index contributed by atoms with van der Waals surface area (Å²) in [6, 6.07) is 12.1. The van der Waals surface area contributed by atoms with Gasteiger partial charge in [0.1, 0.15) is 5.75 Å². The summed E-state index contributed by atoms with van der Waals surface area (Å²) in [6.07, 6.45) is 5.96. The normalized spacial score (nSPS) is 17.0. The summed E-state index contributed by atoms with van der Waals surface area (Å²) in [6.45, 7) is 6.21. The number of carboxylic acids is 1. The Balaban J connectivity index is 0.000000538. The number of hydrogen-bond donors (Lipinski definition) is 1. The molecule has 1 fully saturated rings. The number of carbonyl (C=O) groups excluding carboxylic acids is 1. The van der Waals surface area contributed by atoms with Gasteiger partial charge in [-0.05, 0) is 66.1 Å². The lowest BCUT2D eigenvalue weighted by Gasteiger charge is -2.35. The van der Waals surface area contributed by atoms with E-state index in [9.17, 15) is 14.7 Å². The number of rotatable bonds is 7. The van der Waals surface area contributed by atoms with E-state index in [1.807, 2.05) is 24.3 Å². The molecule has 1 atom stereocenters. The summed E-state index contributed by atoms with van der Waals surface area (Å²) in [5.41, 5.74) is 4.48. The third-order valence-electron chi connectivity index (χ3n) is 7.00. The number of halogens is 1. The summed E-state index contributed by atoms with van der Waals surface area (Å²) in [5.74, 6) is 1.10. The smallest absolute Gasteiger partial charge is 0.307 e. The van der Waals surface area contributed by atoms with E-state index in [2.05, 4.69) is 24.0 Å². The van der Waals surface area contributed by atoms with Crippen LogP contribution in [-0.2, 0) is 22.4 Å². The van der Waals surface area contributed by atoms with Crippen molar-refractivity contribution in [3.05, 3.63) is 58.1 Å². The maximum atomic E-state index is 11.2. The Morgan fingerprint density at radius 3 is 2.47 bits per heavy atom. The second kappa shape index (κ2) is 13.0. The number of benzene rings is 2. The van der Waals surface area contributed by atoms with Crippen LogP contribution in [0.4, 0.5) is 5.69 Å². The van der Waals surface area contributed by atoms with E-state index in [4.69, 9.17) is 16.3 Å². The first-order valence-corrected chi connectivity index (χ1v) is 13.2. The lowest BCUT2D eigenvalue weighted by molar-refractivity contribution is -0.136. The van der Waals surface area contributed by atoms with Gasteiger partial charge in [-0.3, -0.25) is 9.59 Å². The molecular formula is C29H39ClN2O4. The first-order chi connectivity index (χ1) is 17.2. The highest BCUT2D eigenvalue weighted by Crippen LogP contribution is 2.39. The number of anilines is 1. The molecule has 6 nitrogen and oxygen atoms in total. The molecule has 1 amide bonds. The molecule has 2 aromatic carbocycles. The van der Waals surface area contributed by atoms with E-state index in [0.29, 0.717) is 12.5 Å². The molecule has 2 aromatic rings. The van der Waals surface area contributed by atoms with Crippen molar-refractivity contribution in [1.29, 1.82) is 0 Å². The number of ether oxygens (including phenoxy) is 1. The number of hydrogen-bond acceptors (Lipinski definition) is 4. The Labute approximate surface area is 220 Å². The Kier molecular flexibility index (Phi) is 10.1. The van der Waals surface area contributed by atoms with Crippen LogP contribution in [0.2, 0.25) is 5.02 Å². The lowest BCUT2D eigenvalue weighted by atomic mass is 9.84. The van der Waals surface area contributed by atoms with E-state index in [-0.39, 0.29) is 18.2 Å². The molecule has 7 heteroatoms. The van der Waals surface area contributed by atoms with Crippen LogP contribution in [0, 0.1) is 5.92 Å². The average Bonchev–Trinajstić information content (AvgIpc) is 2.96. The molecule has 1 aliphatic carbocycles. The molecule has 4 rings (SSSR count). The van der Waals surface area contributed by atoms with Crippen molar-refractivity contribution in [3.8, 4) is 5.75 Å². The Bertz CT molecular complexity index is 1050. The van der Waals surface area contributed by atoms with Crippen molar-refractivity contribution in [1.82, 2.24) is 4.90 Å². The van der Waals surface area contributed by atoms with Gasteiger partial charge in [0.2, 0.25) is 5.91 Å². The van der Waals surface area contributed by atoms with Crippen LogP contribution in [0.3, 0.4) is 0 Å². The van der Waals surface area contributed by atoms with Crippen molar-refractivity contribution < 1.29 is 19.4 Å². The van der Waals surface area contributed by atoms with Gasteiger partial charge in [0, 0.05) is 45.0 Å². The van der Waals surface area contributed by atoms with Gasteiger partial charge in [0.25, 0.3) is 0 Å². The molecule has 1 aliphatic heterocycles. The van der Waals surface area contributed by atoms with E-state index >= 15 is 0 Å². The molecular weight excluding hydrogens is 476 g/mol. The summed E-state index contributed by atoms with van der Waals surface area (Å²) in [4.78, 5) is 25.3. The number of nitrogens with zero attached hydrogens (tertiary/aromatic N) is 2. The highest BCUT2D eigenvalue weighted by atomic mass is 35.5. The minimum atomic E-state index is -0.807. The summed E-state index contributed by atoms with van der Waals surface area (Å²) in [7, 11) is 3.45. The molecule has 1 saturated carbocycles. The minimum Gasteiger partial charge on any atom is -0.491 e. The first-order valence-electron chi connectivity index (χ1n) is 12.9. The number of fused-ring (bicyclic) bond motifs is 1. The molecule has 0 radical (unpaired) electrons. The van der Waals surface area contributed by atoms with Crippen LogP contribution >= 0.6 is 11.6 Å². The fourth-order valence-electron chi connectivity index (χ4n) is 4.63. The molecule has 1 N–H and O–H groups in total. The van der Waals surface area contributed by atoms with Gasteiger partial charge in [0.05, 0.1) is 18.7 Å². The number of carbonyl (C=O) groups is 2. The van der Waals surface area contributed by atoms with Gasteiger partial charge < -0.3 is 19.6 Å². The zero-order valence-corrected chi connectivity index (χ0v) is 22.7. The molecule has 0 saturated heterocycles. The maximum absolute atomic E-state index is 11.2. The molecule has 2 aliphatic rings. The van der Waals surface area contributed by atoms with Gasteiger partial charge in [-0.15, -0.1) is 0 Å². The molecule has 1 unspecified atom stereocenters.